The molecule has 0 aromatic heterocycles. The lowest BCUT2D eigenvalue weighted by Gasteiger charge is -2.13. The van der Waals surface area contributed by atoms with Gasteiger partial charge in [-0.15, -0.1) is 0 Å². The summed E-state index contributed by atoms with van der Waals surface area (Å²) in [5.74, 6) is 0.426. The maximum atomic E-state index is 9.42. The van der Waals surface area contributed by atoms with Crippen molar-refractivity contribution in [1.82, 2.24) is 0 Å². The van der Waals surface area contributed by atoms with E-state index in [-0.39, 0.29) is 5.92 Å². The van der Waals surface area contributed by atoms with Crippen LogP contribution in [0.1, 0.15) is 22.6 Å². The average Bonchev–Trinajstić information content (AvgIpc) is 2.52. The molecule has 0 fully saturated rings. The van der Waals surface area contributed by atoms with Crippen LogP contribution >= 0.6 is 0 Å². The Morgan fingerprint density at radius 2 is 1.90 bits per heavy atom. The first-order valence-electron chi connectivity index (χ1n) is 6.30. The summed E-state index contributed by atoms with van der Waals surface area (Å²) >= 11 is 0. The standard InChI is InChI=1S/C17H14N2O/c1-20-17-8-3-2-7-16(17)15(12-19)10-13-5-4-6-14(9-13)11-18/h2-9,15H,10H2,1H3. The van der Waals surface area contributed by atoms with Crippen LogP contribution in [0.25, 0.3) is 0 Å². The van der Waals surface area contributed by atoms with Gasteiger partial charge in [0.05, 0.1) is 30.7 Å². The van der Waals surface area contributed by atoms with E-state index in [1.807, 2.05) is 42.5 Å². The highest BCUT2D eigenvalue weighted by Crippen LogP contribution is 2.28. The van der Waals surface area contributed by atoms with Gasteiger partial charge in [0.1, 0.15) is 5.75 Å². The summed E-state index contributed by atoms with van der Waals surface area (Å²) in [5, 5.41) is 18.3. The van der Waals surface area contributed by atoms with E-state index in [1.165, 1.54) is 0 Å². The van der Waals surface area contributed by atoms with E-state index in [2.05, 4.69) is 12.1 Å². The number of benzene rings is 2. The molecular formula is C17H14N2O. The van der Waals surface area contributed by atoms with Gasteiger partial charge >= 0.3 is 0 Å². The second-order valence-corrected chi connectivity index (χ2v) is 4.44. The first-order valence-corrected chi connectivity index (χ1v) is 6.30. The Hall–Kier alpha value is -2.78. The zero-order valence-electron chi connectivity index (χ0n) is 11.2. The number of nitrogens with zero attached hydrogens (tertiary/aromatic N) is 2. The monoisotopic (exact) mass is 262 g/mol. The Morgan fingerprint density at radius 1 is 1.10 bits per heavy atom. The molecule has 3 heteroatoms. The molecule has 0 aliphatic heterocycles. The molecule has 20 heavy (non-hydrogen) atoms. The Balaban J connectivity index is 2.30. The van der Waals surface area contributed by atoms with Crippen molar-refractivity contribution in [3.8, 4) is 17.9 Å². The summed E-state index contributed by atoms with van der Waals surface area (Å²) in [5.41, 5.74) is 2.46. The van der Waals surface area contributed by atoms with Gasteiger partial charge in [0.2, 0.25) is 0 Å². The van der Waals surface area contributed by atoms with E-state index < -0.39 is 0 Å². The minimum Gasteiger partial charge on any atom is -0.496 e. The lowest BCUT2D eigenvalue weighted by Crippen LogP contribution is -2.03. The molecule has 0 saturated carbocycles. The molecule has 2 aromatic rings. The molecule has 0 N–H and O–H groups in total. The molecule has 0 amide bonds. The summed E-state index contributed by atoms with van der Waals surface area (Å²) in [7, 11) is 1.60. The lowest BCUT2D eigenvalue weighted by atomic mass is 9.92. The average molecular weight is 262 g/mol. The van der Waals surface area contributed by atoms with Crippen LogP contribution in [0.15, 0.2) is 48.5 Å². The normalized spacial score (nSPS) is 11.2. The van der Waals surface area contributed by atoms with Crippen molar-refractivity contribution in [2.75, 3.05) is 7.11 Å². The van der Waals surface area contributed by atoms with Gasteiger partial charge in [0.25, 0.3) is 0 Å². The molecular weight excluding hydrogens is 248 g/mol. The number of methoxy groups -OCH3 is 1. The number of para-hydroxylation sites is 1. The highest BCUT2D eigenvalue weighted by molar-refractivity contribution is 5.41. The van der Waals surface area contributed by atoms with Gasteiger partial charge < -0.3 is 4.74 Å². The third-order valence-electron chi connectivity index (χ3n) is 3.17. The Labute approximate surface area is 118 Å². The molecule has 0 spiro atoms. The molecule has 2 rings (SSSR count). The number of ether oxygens (including phenoxy) is 1. The third-order valence-corrected chi connectivity index (χ3v) is 3.17. The van der Waals surface area contributed by atoms with Crippen molar-refractivity contribution in [1.29, 1.82) is 10.5 Å². The van der Waals surface area contributed by atoms with Crippen molar-refractivity contribution >= 4 is 0 Å². The predicted octanol–water partition coefficient (Wildman–Crippen LogP) is 3.42. The summed E-state index contributed by atoms with van der Waals surface area (Å²) in [6, 6.07) is 19.3. The van der Waals surface area contributed by atoms with Gasteiger partial charge in [-0.25, -0.2) is 0 Å². The fraction of sp³-hybridized carbons (Fsp3) is 0.176. The van der Waals surface area contributed by atoms with E-state index in [1.54, 1.807) is 13.2 Å². The van der Waals surface area contributed by atoms with Crippen LogP contribution < -0.4 is 4.74 Å². The fourth-order valence-corrected chi connectivity index (χ4v) is 2.18. The minimum atomic E-state index is -0.292. The van der Waals surface area contributed by atoms with Crippen molar-refractivity contribution in [3.05, 3.63) is 65.2 Å². The molecule has 2 aromatic carbocycles. The summed E-state index contributed by atoms with van der Waals surface area (Å²) in [6.45, 7) is 0. The minimum absolute atomic E-state index is 0.292. The van der Waals surface area contributed by atoms with E-state index >= 15 is 0 Å². The maximum absolute atomic E-state index is 9.42. The molecule has 0 heterocycles. The van der Waals surface area contributed by atoms with Crippen LogP contribution in [0, 0.1) is 22.7 Å². The third kappa shape index (κ3) is 2.96. The molecule has 1 atom stereocenters. The van der Waals surface area contributed by atoms with Crippen molar-refractivity contribution in [2.24, 2.45) is 0 Å². The highest BCUT2D eigenvalue weighted by atomic mass is 16.5. The van der Waals surface area contributed by atoms with Crippen LogP contribution in [0.5, 0.6) is 5.75 Å². The SMILES string of the molecule is COc1ccccc1C(C#N)Cc1cccc(C#N)c1. The van der Waals surface area contributed by atoms with Gasteiger partial charge in [-0.3, -0.25) is 0 Å². The molecule has 0 aliphatic carbocycles. The number of rotatable bonds is 4. The summed E-state index contributed by atoms with van der Waals surface area (Å²) in [6.07, 6.45) is 0.562. The van der Waals surface area contributed by atoms with Crippen LogP contribution in [0.3, 0.4) is 0 Å². The zero-order chi connectivity index (χ0) is 14.4. The van der Waals surface area contributed by atoms with Crippen molar-refractivity contribution < 1.29 is 4.74 Å². The quantitative estimate of drug-likeness (QED) is 0.848. The van der Waals surface area contributed by atoms with Crippen LogP contribution in [-0.2, 0) is 6.42 Å². The number of hydrogen-bond donors (Lipinski definition) is 0. The van der Waals surface area contributed by atoms with E-state index in [0.29, 0.717) is 12.0 Å². The lowest BCUT2D eigenvalue weighted by molar-refractivity contribution is 0.408. The zero-order valence-corrected chi connectivity index (χ0v) is 11.2. The summed E-state index contributed by atoms with van der Waals surface area (Å²) in [4.78, 5) is 0. The molecule has 0 radical (unpaired) electrons. The predicted molar refractivity (Wildman–Crippen MR) is 76.2 cm³/mol. The molecule has 0 saturated heterocycles. The smallest absolute Gasteiger partial charge is 0.123 e. The van der Waals surface area contributed by atoms with E-state index in [4.69, 9.17) is 10.00 Å². The number of hydrogen-bond acceptors (Lipinski definition) is 3. The van der Waals surface area contributed by atoms with Crippen molar-refractivity contribution in [3.63, 3.8) is 0 Å². The number of nitriles is 2. The van der Waals surface area contributed by atoms with Gasteiger partial charge in [0, 0.05) is 5.56 Å². The maximum Gasteiger partial charge on any atom is 0.123 e. The largest absolute Gasteiger partial charge is 0.496 e. The molecule has 3 nitrogen and oxygen atoms in total. The van der Waals surface area contributed by atoms with Crippen molar-refractivity contribution in [2.45, 2.75) is 12.3 Å². The van der Waals surface area contributed by atoms with Gasteiger partial charge in [0.15, 0.2) is 0 Å². The summed E-state index contributed by atoms with van der Waals surface area (Å²) < 4.78 is 5.31. The highest BCUT2D eigenvalue weighted by Gasteiger charge is 2.16. The molecule has 0 bridgehead atoms. The topological polar surface area (TPSA) is 56.8 Å². The van der Waals surface area contributed by atoms with Gasteiger partial charge in [-0.05, 0) is 30.2 Å². The van der Waals surface area contributed by atoms with Crippen LogP contribution in [0.4, 0.5) is 0 Å². The first-order chi connectivity index (χ1) is 9.78. The van der Waals surface area contributed by atoms with Crippen LogP contribution in [-0.4, -0.2) is 7.11 Å². The van der Waals surface area contributed by atoms with Gasteiger partial charge in [-0.2, -0.15) is 10.5 Å². The van der Waals surface area contributed by atoms with Crippen LogP contribution in [0.2, 0.25) is 0 Å². The van der Waals surface area contributed by atoms with E-state index in [9.17, 15) is 5.26 Å². The Kier molecular flexibility index (Phi) is 4.37. The van der Waals surface area contributed by atoms with Gasteiger partial charge in [-0.1, -0.05) is 30.3 Å². The molecule has 1 unspecified atom stereocenters. The Bertz CT molecular complexity index is 680. The second-order valence-electron chi connectivity index (χ2n) is 4.44. The van der Waals surface area contributed by atoms with E-state index in [0.717, 1.165) is 16.9 Å². The molecule has 0 aliphatic rings. The molecule has 98 valence electrons. The Morgan fingerprint density at radius 3 is 2.60 bits per heavy atom. The fourth-order valence-electron chi connectivity index (χ4n) is 2.18. The second kappa shape index (κ2) is 6.41. The first kappa shape index (κ1) is 13.6.